The summed E-state index contributed by atoms with van der Waals surface area (Å²) in [5.74, 6) is 1.16. The van der Waals surface area contributed by atoms with E-state index in [1.54, 1.807) is 0 Å². The highest BCUT2D eigenvalue weighted by molar-refractivity contribution is 4.85. The standard InChI is InChI=1S/C12H23N3/c1-3-5-6-7-8-9-12-14-13-11-15(12)10-4-2/h11H,3-10H2,1-2H3. The number of aryl methyl sites for hydroxylation is 2. The molecule has 0 saturated carbocycles. The second-order valence-electron chi connectivity index (χ2n) is 4.10. The van der Waals surface area contributed by atoms with E-state index in [1.807, 2.05) is 6.33 Å². The summed E-state index contributed by atoms with van der Waals surface area (Å²) < 4.78 is 2.18. The molecule has 0 aliphatic rings. The molecule has 0 N–H and O–H groups in total. The van der Waals surface area contributed by atoms with Gasteiger partial charge < -0.3 is 4.57 Å². The first-order chi connectivity index (χ1) is 7.38. The maximum absolute atomic E-state index is 4.17. The van der Waals surface area contributed by atoms with Gasteiger partial charge in [-0.1, -0.05) is 39.5 Å². The number of aromatic nitrogens is 3. The second-order valence-corrected chi connectivity index (χ2v) is 4.10. The summed E-state index contributed by atoms with van der Waals surface area (Å²) in [6, 6.07) is 0. The van der Waals surface area contributed by atoms with Gasteiger partial charge in [-0.15, -0.1) is 10.2 Å². The van der Waals surface area contributed by atoms with Gasteiger partial charge in [0.2, 0.25) is 0 Å². The fourth-order valence-corrected chi connectivity index (χ4v) is 1.79. The molecule has 1 aromatic heterocycles. The summed E-state index contributed by atoms with van der Waals surface area (Å²) >= 11 is 0. The van der Waals surface area contributed by atoms with Gasteiger partial charge in [0.1, 0.15) is 12.2 Å². The van der Waals surface area contributed by atoms with Crippen molar-refractivity contribution >= 4 is 0 Å². The largest absolute Gasteiger partial charge is 0.318 e. The van der Waals surface area contributed by atoms with Crippen molar-refractivity contribution in [2.24, 2.45) is 0 Å². The van der Waals surface area contributed by atoms with E-state index in [-0.39, 0.29) is 0 Å². The van der Waals surface area contributed by atoms with Crippen LogP contribution in [0, 0.1) is 0 Å². The average molecular weight is 209 g/mol. The molecule has 0 fully saturated rings. The summed E-state index contributed by atoms with van der Waals surface area (Å²) in [7, 11) is 0. The van der Waals surface area contributed by atoms with Crippen LogP contribution in [0.15, 0.2) is 6.33 Å². The number of unbranched alkanes of at least 4 members (excludes halogenated alkanes) is 4. The molecule has 0 saturated heterocycles. The molecule has 86 valence electrons. The van der Waals surface area contributed by atoms with E-state index in [1.165, 1.54) is 32.1 Å². The third kappa shape index (κ3) is 4.45. The van der Waals surface area contributed by atoms with Gasteiger partial charge in [-0.3, -0.25) is 0 Å². The SMILES string of the molecule is CCCCCCCc1nncn1CCC. The minimum absolute atomic E-state index is 1.05. The van der Waals surface area contributed by atoms with Gasteiger partial charge in [0.25, 0.3) is 0 Å². The lowest BCUT2D eigenvalue weighted by molar-refractivity contribution is 0.588. The van der Waals surface area contributed by atoms with E-state index in [0.717, 1.165) is 25.2 Å². The molecule has 1 heterocycles. The van der Waals surface area contributed by atoms with Crippen LogP contribution in [-0.2, 0) is 13.0 Å². The summed E-state index contributed by atoms with van der Waals surface area (Å²) in [5, 5.41) is 8.13. The normalized spacial score (nSPS) is 10.8. The zero-order valence-electron chi connectivity index (χ0n) is 10.1. The minimum Gasteiger partial charge on any atom is -0.318 e. The topological polar surface area (TPSA) is 30.7 Å². The van der Waals surface area contributed by atoms with Crippen molar-refractivity contribution in [2.75, 3.05) is 0 Å². The predicted octanol–water partition coefficient (Wildman–Crippen LogP) is 3.20. The van der Waals surface area contributed by atoms with Crippen LogP contribution in [0.4, 0.5) is 0 Å². The highest BCUT2D eigenvalue weighted by atomic mass is 15.3. The van der Waals surface area contributed by atoms with E-state index < -0.39 is 0 Å². The molecular formula is C12H23N3. The van der Waals surface area contributed by atoms with Gasteiger partial charge in [-0.05, 0) is 12.8 Å². The molecule has 0 spiro atoms. The van der Waals surface area contributed by atoms with E-state index in [9.17, 15) is 0 Å². The maximum Gasteiger partial charge on any atom is 0.132 e. The van der Waals surface area contributed by atoms with Gasteiger partial charge in [-0.2, -0.15) is 0 Å². The van der Waals surface area contributed by atoms with Gasteiger partial charge in [0.05, 0.1) is 0 Å². The molecule has 0 aliphatic heterocycles. The molecule has 15 heavy (non-hydrogen) atoms. The highest BCUT2D eigenvalue weighted by Gasteiger charge is 2.02. The Morgan fingerprint density at radius 3 is 2.60 bits per heavy atom. The smallest absolute Gasteiger partial charge is 0.132 e. The van der Waals surface area contributed by atoms with Crippen LogP contribution in [0.1, 0.15) is 58.2 Å². The van der Waals surface area contributed by atoms with Crippen LogP contribution in [0.5, 0.6) is 0 Å². The Labute approximate surface area is 92.9 Å². The Morgan fingerprint density at radius 2 is 1.87 bits per heavy atom. The van der Waals surface area contributed by atoms with Crippen molar-refractivity contribution in [1.82, 2.24) is 14.8 Å². The summed E-state index contributed by atoms with van der Waals surface area (Å²) in [6.07, 6.45) is 10.7. The molecule has 0 amide bonds. The second kappa shape index (κ2) is 7.43. The molecular weight excluding hydrogens is 186 g/mol. The molecule has 0 aliphatic carbocycles. The summed E-state index contributed by atoms with van der Waals surface area (Å²) in [6.45, 7) is 5.49. The molecule has 3 heteroatoms. The lowest BCUT2D eigenvalue weighted by Crippen LogP contribution is -2.02. The van der Waals surface area contributed by atoms with Crippen LogP contribution in [-0.4, -0.2) is 14.8 Å². The third-order valence-corrected chi connectivity index (χ3v) is 2.66. The zero-order valence-corrected chi connectivity index (χ0v) is 10.1. The Balaban J connectivity index is 2.21. The third-order valence-electron chi connectivity index (χ3n) is 2.66. The number of nitrogens with zero attached hydrogens (tertiary/aromatic N) is 3. The Morgan fingerprint density at radius 1 is 1.07 bits per heavy atom. The first kappa shape index (κ1) is 12.2. The van der Waals surface area contributed by atoms with Crippen LogP contribution in [0.3, 0.4) is 0 Å². The fraction of sp³-hybridized carbons (Fsp3) is 0.833. The zero-order chi connectivity index (χ0) is 10.9. The van der Waals surface area contributed by atoms with Crippen molar-refractivity contribution in [1.29, 1.82) is 0 Å². The summed E-state index contributed by atoms with van der Waals surface area (Å²) in [4.78, 5) is 0. The molecule has 0 unspecified atom stereocenters. The van der Waals surface area contributed by atoms with Gasteiger partial charge in [-0.25, -0.2) is 0 Å². The molecule has 1 aromatic rings. The van der Waals surface area contributed by atoms with E-state index in [4.69, 9.17) is 0 Å². The Bertz CT molecular complexity index is 255. The monoisotopic (exact) mass is 209 g/mol. The lowest BCUT2D eigenvalue weighted by atomic mass is 10.1. The van der Waals surface area contributed by atoms with Crippen molar-refractivity contribution in [3.63, 3.8) is 0 Å². The van der Waals surface area contributed by atoms with Gasteiger partial charge in [0, 0.05) is 13.0 Å². The maximum atomic E-state index is 4.17. The molecule has 3 nitrogen and oxygen atoms in total. The number of hydrogen-bond acceptors (Lipinski definition) is 2. The van der Waals surface area contributed by atoms with Crippen LogP contribution >= 0.6 is 0 Å². The van der Waals surface area contributed by atoms with Crippen LogP contribution in [0.25, 0.3) is 0 Å². The molecule has 1 rings (SSSR count). The van der Waals surface area contributed by atoms with E-state index in [0.29, 0.717) is 0 Å². The van der Waals surface area contributed by atoms with Crippen LogP contribution in [0.2, 0.25) is 0 Å². The lowest BCUT2D eigenvalue weighted by Gasteiger charge is -2.04. The first-order valence-corrected chi connectivity index (χ1v) is 6.25. The fourth-order valence-electron chi connectivity index (χ4n) is 1.79. The predicted molar refractivity (Wildman–Crippen MR) is 62.8 cm³/mol. The molecule has 0 aromatic carbocycles. The number of rotatable bonds is 8. The van der Waals surface area contributed by atoms with Crippen LogP contribution < -0.4 is 0 Å². The Kier molecular flexibility index (Phi) is 6.05. The molecule has 0 radical (unpaired) electrons. The van der Waals surface area contributed by atoms with E-state index in [2.05, 4.69) is 28.6 Å². The quantitative estimate of drug-likeness (QED) is 0.615. The van der Waals surface area contributed by atoms with Crippen molar-refractivity contribution in [3.8, 4) is 0 Å². The highest BCUT2D eigenvalue weighted by Crippen LogP contribution is 2.07. The Hall–Kier alpha value is -0.860. The van der Waals surface area contributed by atoms with E-state index >= 15 is 0 Å². The average Bonchev–Trinajstić information content (AvgIpc) is 2.66. The molecule has 0 bridgehead atoms. The summed E-state index contributed by atoms with van der Waals surface area (Å²) in [5.41, 5.74) is 0. The van der Waals surface area contributed by atoms with Gasteiger partial charge in [0.15, 0.2) is 0 Å². The first-order valence-electron chi connectivity index (χ1n) is 6.25. The minimum atomic E-state index is 1.05. The van der Waals surface area contributed by atoms with Crippen molar-refractivity contribution in [2.45, 2.75) is 65.3 Å². The van der Waals surface area contributed by atoms with Gasteiger partial charge >= 0.3 is 0 Å². The molecule has 0 atom stereocenters. The van der Waals surface area contributed by atoms with Crippen molar-refractivity contribution in [3.05, 3.63) is 12.2 Å². The van der Waals surface area contributed by atoms with Crippen molar-refractivity contribution < 1.29 is 0 Å². The number of hydrogen-bond donors (Lipinski definition) is 0.